The fourth-order valence-corrected chi connectivity index (χ4v) is 3.02. The van der Waals surface area contributed by atoms with Crippen LogP contribution in [0.25, 0.3) is 0 Å². The van der Waals surface area contributed by atoms with Crippen LogP contribution in [0, 0.1) is 19.7 Å². The first kappa shape index (κ1) is 17.2. The molecule has 7 heteroatoms. The maximum Gasteiger partial charge on any atom is 0.232 e. The molecule has 0 aliphatic heterocycles. The van der Waals surface area contributed by atoms with Crippen molar-refractivity contribution in [3.8, 4) is 0 Å². The first-order valence-electron chi connectivity index (χ1n) is 7.73. The van der Waals surface area contributed by atoms with Crippen molar-refractivity contribution in [1.82, 2.24) is 15.0 Å². The third-order valence-electron chi connectivity index (χ3n) is 3.65. The van der Waals surface area contributed by atoms with Crippen molar-refractivity contribution in [2.45, 2.75) is 24.5 Å². The minimum atomic E-state index is -0.300. The van der Waals surface area contributed by atoms with Crippen LogP contribution in [0.3, 0.4) is 0 Å². The second-order valence-corrected chi connectivity index (χ2v) is 6.65. The highest BCUT2D eigenvalue weighted by Gasteiger charge is 2.07. The van der Waals surface area contributed by atoms with Gasteiger partial charge >= 0.3 is 0 Å². The maximum atomic E-state index is 13.0. The Kier molecular flexibility index (Phi) is 5.14. The van der Waals surface area contributed by atoms with Gasteiger partial charge in [-0.15, -0.1) is 11.8 Å². The lowest BCUT2D eigenvalue weighted by atomic mass is 10.1. The minimum Gasteiger partial charge on any atom is -0.368 e. The van der Waals surface area contributed by atoms with Gasteiger partial charge in [0.2, 0.25) is 11.9 Å². The van der Waals surface area contributed by atoms with Crippen LogP contribution in [0.5, 0.6) is 0 Å². The van der Waals surface area contributed by atoms with Crippen molar-refractivity contribution in [3.63, 3.8) is 0 Å². The minimum absolute atomic E-state index is 0.148. The van der Waals surface area contributed by atoms with Gasteiger partial charge in [-0.25, -0.2) is 4.39 Å². The predicted molar refractivity (Wildman–Crippen MR) is 99.4 cm³/mol. The van der Waals surface area contributed by atoms with Crippen molar-refractivity contribution in [2.24, 2.45) is 0 Å². The Balaban J connectivity index is 1.72. The number of rotatable bonds is 5. The fourth-order valence-electron chi connectivity index (χ4n) is 2.17. The second kappa shape index (κ2) is 7.48. The highest BCUT2D eigenvalue weighted by Crippen LogP contribution is 2.24. The molecule has 0 spiro atoms. The number of benzene rings is 2. The van der Waals surface area contributed by atoms with E-state index < -0.39 is 0 Å². The van der Waals surface area contributed by atoms with Gasteiger partial charge in [0.25, 0.3) is 0 Å². The number of hydrogen-bond donors (Lipinski definition) is 2. The fraction of sp³-hybridized carbons (Fsp3) is 0.167. The van der Waals surface area contributed by atoms with Crippen LogP contribution >= 0.6 is 11.8 Å². The Labute approximate surface area is 149 Å². The Hall–Kier alpha value is -2.67. The molecule has 3 rings (SSSR count). The summed E-state index contributed by atoms with van der Waals surface area (Å²) in [7, 11) is 0. The highest BCUT2D eigenvalue weighted by atomic mass is 32.2. The predicted octanol–water partition coefficient (Wildman–Crippen LogP) is 4.25. The average Bonchev–Trinajstić information content (AvgIpc) is 2.58. The number of thioether (sulfide) groups is 1. The molecule has 3 N–H and O–H groups in total. The molecule has 128 valence electrons. The number of anilines is 3. The molecule has 0 radical (unpaired) electrons. The zero-order valence-electron chi connectivity index (χ0n) is 14.0. The summed E-state index contributed by atoms with van der Waals surface area (Å²) in [5, 5.41) is 3.01. The van der Waals surface area contributed by atoms with E-state index in [4.69, 9.17) is 5.73 Å². The SMILES string of the molecule is Cc1ccc(SCc2nc(N)nc(Nc3ccc(F)cc3)n2)cc1C. The Morgan fingerprint density at radius 3 is 2.48 bits per heavy atom. The molecule has 0 aliphatic rings. The number of nitrogen functional groups attached to an aromatic ring is 1. The molecular weight excluding hydrogens is 337 g/mol. The lowest BCUT2D eigenvalue weighted by Gasteiger charge is -2.08. The third-order valence-corrected chi connectivity index (χ3v) is 4.64. The van der Waals surface area contributed by atoms with E-state index in [1.807, 2.05) is 0 Å². The molecule has 1 heterocycles. The van der Waals surface area contributed by atoms with Gasteiger partial charge in [0.05, 0.1) is 5.75 Å². The van der Waals surface area contributed by atoms with Crippen molar-refractivity contribution in [2.75, 3.05) is 11.1 Å². The topological polar surface area (TPSA) is 76.7 Å². The Bertz CT molecular complexity index is 883. The quantitative estimate of drug-likeness (QED) is 0.667. The first-order chi connectivity index (χ1) is 12.0. The van der Waals surface area contributed by atoms with E-state index in [1.54, 1.807) is 23.9 Å². The first-order valence-corrected chi connectivity index (χ1v) is 8.71. The summed E-state index contributed by atoms with van der Waals surface area (Å²) < 4.78 is 13.0. The van der Waals surface area contributed by atoms with E-state index in [0.29, 0.717) is 23.2 Å². The van der Waals surface area contributed by atoms with Crippen LogP contribution in [0.2, 0.25) is 0 Å². The van der Waals surface area contributed by atoms with E-state index in [-0.39, 0.29) is 11.8 Å². The number of nitrogens with zero attached hydrogens (tertiary/aromatic N) is 3. The number of aryl methyl sites for hydroxylation is 2. The second-order valence-electron chi connectivity index (χ2n) is 5.60. The average molecular weight is 355 g/mol. The summed E-state index contributed by atoms with van der Waals surface area (Å²) in [6.45, 7) is 4.18. The molecule has 0 aliphatic carbocycles. The normalized spacial score (nSPS) is 10.7. The lowest BCUT2D eigenvalue weighted by molar-refractivity contribution is 0.628. The molecule has 0 fully saturated rings. The van der Waals surface area contributed by atoms with Gasteiger partial charge in [0, 0.05) is 10.6 Å². The van der Waals surface area contributed by atoms with Gasteiger partial charge in [-0.3, -0.25) is 0 Å². The Morgan fingerprint density at radius 1 is 1.00 bits per heavy atom. The van der Waals surface area contributed by atoms with Crippen molar-refractivity contribution in [1.29, 1.82) is 0 Å². The number of hydrogen-bond acceptors (Lipinski definition) is 6. The van der Waals surface area contributed by atoms with Crippen molar-refractivity contribution < 1.29 is 4.39 Å². The van der Waals surface area contributed by atoms with E-state index in [2.05, 4.69) is 52.3 Å². The summed E-state index contributed by atoms with van der Waals surface area (Å²) in [6.07, 6.45) is 0. The molecule has 0 amide bonds. The van der Waals surface area contributed by atoms with Crippen LogP contribution in [0.15, 0.2) is 47.4 Å². The molecule has 25 heavy (non-hydrogen) atoms. The molecule has 0 atom stereocenters. The molecule has 0 saturated heterocycles. The van der Waals surface area contributed by atoms with Gasteiger partial charge in [0.1, 0.15) is 11.6 Å². The number of aromatic nitrogens is 3. The largest absolute Gasteiger partial charge is 0.368 e. The summed E-state index contributed by atoms with van der Waals surface area (Å²) in [5.41, 5.74) is 8.97. The zero-order chi connectivity index (χ0) is 17.8. The van der Waals surface area contributed by atoms with Crippen LogP contribution in [-0.4, -0.2) is 15.0 Å². The standard InChI is InChI=1S/C18H18FN5S/c1-11-3-8-15(9-12(11)2)25-10-16-22-17(20)24-18(23-16)21-14-6-4-13(19)5-7-14/h3-9H,10H2,1-2H3,(H3,20,21,22,23,24). The van der Waals surface area contributed by atoms with E-state index in [9.17, 15) is 4.39 Å². The molecule has 0 unspecified atom stereocenters. The van der Waals surface area contributed by atoms with E-state index >= 15 is 0 Å². The van der Waals surface area contributed by atoms with Crippen LogP contribution in [0.1, 0.15) is 17.0 Å². The molecule has 0 bridgehead atoms. The molecule has 1 aromatic heterocycles. The summed E-state index contributed by atoms with van der Waals surface area (Å²) >= 11 is 1.64. The highest BCUT2D eigenvalue weighted by molar-refractivity contribution is 7.98. The van der Waals surface area contributed by atoms with Crippen LogP contribution in [-0.2, 0) is 5.75 Å². The lowest BCUT2D eigenvalue weighted by Crippen LogP contribution is -2.06. The van der Waals surface area contributed by atoms with Crippen LogP contribution in [0.4, 0.5) is 22.0 Å². The smallest absolute Gasteiger partial charge is 0.232 e. The van der Waals surface area contributed by atoms with Crippen molar-refractivity contribution in [3.05, 3.63) is 65.2 Å². The molecule has 5 nitrogen and oxygen atoms in total. The number of halogens is 1. The van der Waals surface area contributed by atoms with Crippen molar-refractivity contribution >= 4 is 29.3 Å². The zero-order valence-corrected chi connectivity index (χ0v) is 14.8. The van der Waals surface area contributed by atoms with Gasteiger partial charge in [-0.2, -0.15) is 15.0 Å². The number of nitrogens with one attached hydrogen (secondary N) is 1. The van der Waals surface area contributed by atoms with Gasteiger partial charge in [0.15, 0.2) is 0 Å². The van der Waals surface area contributed by atoms with Gasteiger partial charge in [-0.1, -0.05) is 6.07 Å². The molecule has 3 aromatic rings. The maximum absolute atomic E-state index is 13.0. The van der Waals surface area contributed by atoms with E-state index in [1.165, 1.54) is 23.3 Å². The van der Waals surface area contributed by atoms with E-state index in [0.717, 1.165) is 4.90 Å². The summed E-state index contributed by atoms with van der Waals surface area (Å²) in [5.74, 6) is 1.35. The monoisotopic (exact) mass is 355 g/mol. The Morgan fingerprint density at radius 2 is 1.76 bits per heavy atom. The third kappa shape index (κ3) is 4.67. The summed E-state index contributed by atoms with van der Waals surface area (Å²) in [4.78, 5) is 13.8. The number of nitrogens with two attached hydrogens (primary N) is 1. The van der Waals surface area contributed by atoms with Gasteiger partial charge in [-0.05, 0) is 61.4 Å². The van der Waals surface area contributed by atoms with Crippen LogP contribution < -0.4 is 11.1 Å². The summed E-state index contributed by atoms with van der Waals surface area (Å²) in [6, 6.07) is 12.3. The molecule has 0 saturated carbocycles. The molecule has 2 aromatic carbocycles. The van der Waals surface area contributed by atoms with Gasteiger partial charge < -0.3 is 11.1 Å². The molecular formula is C18H18FN5S.